The zero-order valence-corrected chi connectivity index (χ0v) is 11.1. The molecule has 0 saturated carbocycles. The molecular weight excluding hydrogens is 244 g/mol. The zero-order valence-electron chi connectivity index (χ0n) is 11.1. The molecule has 1 heterocycles. The predicted octanol–water partition coefficient (Wildman–Crippen LogP) is 1.55. The first-order valence-electron chi connectivity index (χ1n) is 6.13. The van der Waals surface area contributed by atoms with Crippen molar-refractivity contribution in [3.8, 4) is 0 Å². The van der Waals surface area contributed by atoms with Gasteiger partial charge >= 0.3 is 5.97 Å². The van der Waals surface area contributed by atoms with Crippen LogP contribution in [0.5, 0.6) is 0 Å². The molecule has 0 unspecified atom stereocenters. The highest BCUT2D eigenvalue weighted by molar-refractivity contribution is 5.91. The third-order valence-corrected chi connectivity index (χ3v) is 2.11. The Labute approximate surface area is 112 Å². The molecule has 0 aromatic carbocycles. The molecule has 1 N–H and O–H groups in total. The van der Waals surface area contributed by atoms with Crippen LogP contribution in [0.2, 0.25) is 0 Å². The Hall–Kier alpha value is -2.17. The Morgan fingerprint density at radius 3 is 2.89 bits per heavy atom. The number of rotatable bonds is 6. The largest absolute Gasteiger partial charge is 0.463 e. The monoisotopic (exact) mass is 262 g/mol. The summed E-state index contributed by atoms with van der Waals surface area (Å²) in [5.41, 5.74) is 0.844. The van der Waals surface area contributed by atoms with Crippen LogP contribution in [0.1, 0.15) is 25.8 Å². The van der Waals surface area contributed by atoms with Crippen molar-refractivity contribution in [2.24, 2.45) is 0 Å². The number of pyridine rings is 1. The van der Waals surface area contributed by atoms with Gasteiger partial charge in [-0.1, -0.05) is 6.07 Å². The van der Waals surface area contributed by atoms with E-state index >= 15 is 0 Å². The third-order valence-electron chi connectivity index (χ3n) is 2.11. The summed E-state index contributed by atoms with van der Waals surface area (Å²) < 4.78 is 4.94. The van der Waals surface area contributed by atoms with Crippen molar-refractivity contribution in [2.45, 2.75) is 26.4 Å². The molecular formula is C14H18N2O3. The highest BCUT2D eigenvalue weighted by Gasteiger charge is 2.05. The molecule has 0 fully saturated rings. The molecule has 1 aromatic heterocycles. The molecule has 0 bridgehead atoms. The first-order valence-corrected chi connectivity index (χ1v) is 6.13. The van der Waals surface area contributed by atoms with Crippen LogP contribution in [0.25, 0.3) is 6.08 Å². The van der Waals surface area contributed by atoms with Gasteiger partial charge in [-0.25, -0.2) is 0 Å². The molecule has 5 nitrogen and oxygen atoms in total. The number of hydrogen-bond acceptors (Lipinski definition) is 4. The molecule has 1 amide bonds. The van der Waals surface area contributed by atoms with Gasteiger partial charge in [0, 0.05) is 25.0 Å². The van der Waals surface area contributed by atoms with Gasteiger partial charge < -0.3 is 10.1 Å². The van der Waals surface area contributed by atoms with Crippen molar-refractivity contribution in [1.29, 1.82) is 0 Å². The van der Waals surface area contributed by atoms with Crippen molar-refractivity contribution in [3.05, 3.63) is 36.2 Å². The Bertz CT molecular complexity index is 441. The molecule has 19 heavy (non-hydrogen) atoms. The summed E-state index contributed by atoms with van der Waals surface area (Å²) in [6, 6.07) is 3.64. The maximum atomic E-state index is 11.4. The fourth-order valence-corrected chi connectivity index (χ4v) is 1.31. The summed E-state index contributed by atoms with van der Waals surface area (Å²) in [5.74, 6) is -0.562. The lowest BCUT2D eigenvalue weighted by atomic mass is 10.2. The first kappa shape index (κ1) is 14.9. The van der Waals surface area contributed by atoms with E-state index in [1.807, 2.05) is 6.07 Å². The highest BCUT2D eigenvalue weighted by atomic mass is 16.5. The number of esters is 1. The quantitative estimate of drug-likeness (QED) is 0.624. The molecule has 0 saturated heterocycles. The second-order valence-corrected chi connectivity index (χ2v) is 4.20. The second-order valence-electron chi connectivity index (χ2n) is 4.20. The van der Waals surface area contributed by atoms with Crippen LogP contribution in [0.4, 0.5) is 0 Å². The number of nitrogens with zero attached hydrogens (tertiary/aromatic N) is 1. The maximum absolute atomic E-state index is 11.4. The van der Waals surface area contributed by atoms with Gasteiger partial charge in [0.15, 0.2) is 0 Å². The molecule has 0 aliphatic rings. The number of amides is 1. The van der Waals surface area contributed by atoms with Crippen LogP contribution in [0.3, 0.4) is 0 Å². The Morgan fingerprint density at radius 1 is 1.47 bits per heavy atom. The number of carbonyl (C=O) groups excluding carboxylic acids is 2. The van der Waals surface area contributed by atoms with Crippen LogP contribution in [-0.4, -0.2) is 29.5 Å². The van der Waals surface area contributed by atoms with Crippen LogP contribution in [0.15, 0.2) is 30.6 Å². The van der Waals surface area contributed by atoms with Crippen molar-refractivity contribution in [2.75, 3.05) is 6.54 Å². The van der Waals surface area contributed by atoms with E-state index in [1.54, 1.807) is 38.4 Å². The average Bonchev–Trinajstić information content (AvgIpc) is 2.36. The first-order chi connectivity index (χ1) is 9.08. The minimum atomic E-state index is -0.313. The van der Waals surface area contributed by atoms with Crippen molar-refractivity contribution >= 4 is 18.0 Å². The summed E-state index contributed by atoms with van der Waals surface area (Å²) in [5, 5.41) is 2.61. The maximum Gasteiger partial charge on any atom is 0.307 e. The van der Waals surface area contributed by atoms with Gasteiger partial charge in [-0.15, -0.1) is 0 Å². The van der Waals surface area contributed by atoms with Crippen LogP contribution in [0, 0.1) is 0 Å². The van der Waals surface area contributed by atoms with Gasteiger partial charge in [0.25, 0.3) is 0 Å². The molecule has 0 atom stereocenters. The van der Waals surface area contributed by atoms with Gasteiger partial charge in [0.1, 0.15) is 0 Å². The minimum Gasteiger partial charge on any atom is -0.463 e. The van der Waals surface area contributed by atoms with Crippen LogP contribution in [-0.2, 0) is 14.3 Å². The SMILES string of the molecule is CC(C)OC(=O)CCNC(=O)/C=C/c1cccnc1. The lowest BCUT2D eigenvalue weighted by Gasteiger charge is -2.07. The molecule has 1 rings (SSSR count). The summed E-state index contributed by atoms with van der Waals surface area (Å²) in [4.78, 5) is 26.6. The van der Waals surface area contributed by atoms with Crippen molar-refractivity contribution < 1.29 is 14.3 Å². The second kappa shape index (κ2) is 8.02. The number of aromatic nitrogens is 1. The van der Waals surface area contributed by atoms with Gasteiger partial charge in [-0.2, -0.15) is 0 Å². The molecule has 0 aliphatic heterocycles. The smallest absolute Gasteiger partial charge is 0.307 e. The van der Waals surface area contributed by atoms with E-state index in [9.17, 15) is 9.59 Å². The van der Waals surface area contributed by atoms with E-state index in [2.05, 4.69) is 10.3 Å². The fourth-order valence-electron chi connectivity index (χ4n) is 1.31. The number of nitrogens with one attached hydrogen (secondary N) is 1. The van der Waals surface area contributed by atoms with Gasteiger partial charge in [-0.05, 0) is 31.6 Å². The molecule has 0 aliphatic carbocycles. The summed E-state index contributed by atoms with van der Waals surface area (Å²) in [6.07, 6.45) is 6.43. The van der Waals surface area contributed by atoms with Crippen LogP contribution >= 0.6 is 0 Å². The highest BCUT2D eigenvalue weighted by Crippen LogP contribution is 1.98. The molecule has 0 radical (unpaired) electrons. The summed E-state index contributed by atoms with van der Waals surface area (Å²) in [7, 11) is 0. The van der Waals surface area contributed by atoms with Crippen molar-refractivity contribution in [1.82, 2.24) is 10.3 Å². The van der Waals surface area contributed by atoms with Crippen molar-refractivity contribution in [3.63, 3.8) is 0 Å². The standard InChI is InChI=1S/C14H18N2O3/c1-11(2)19-14(18)7-9-16-13(17)6-5-12-4-3-8-15-10-12/h3-6,8,10-11H,7,9H2,1-2H3,(H,16,17)/b6-5+. The fraction of sp³-hybridized carbons (Fsp3) is 0.357. The number of ether oxygens (including phenoxy) is 1. The Balaban J connectivity index is 2.25. The van der Waals surface area contributed by atoms with E-state index < -0.39 is 0 Å². The minimum absolute atomic E-state index is 0.131. The lowest BCUT2D eigenvalue weighted by molar-refractivity contribution is -0.147. The zero-order chi connectivity index (χ0) is 14.1. The molecule has 5 heteroatoms. The molecule has 102 valence electrons. The number of hydrogen-bond donors (Lipinski definition) is 1. The third kappa shape index (κ3) is 6.98. The predicted molar refractivity (Wildman–Crippen MR) is 72.1 cm³/mol. The van der Waals surface area contributed by atoms with E-state index in [4.69, 9.17) is 4.74 Å². The van der Waals surface area contributed by atoms with Gasteiger partial charge in [0.05, 0.1) is 12.5 Å². The lowest BCUT2D eigenvalue weighted by Crippen LogP contribution is -2.25. The molecule has 0 spiro atoms. The summed E-state index contributed by atoms with van der Waals surface area (Å²) >= 11 is 0. The van der Waals surface area contributed by atoms with E-state index in [0.29, 0.717) is 0 Å². The van der Waals surface area contributed by atoms with Gasteiger partial charge in [0.2, 0.25) is 5.91 Å². The van der Waals surface area contributed by atoms with E-state index in [0.717, 1.165) is 5.56 Å². The van der Waals surface area contributed by atoms with Gasteiger partial charge in [-0.3, -0.25) is 14.6 Å². The number of carbonyl (C=O) groups is 2. The Kier molecular flexibility index (Phi) is 6.29. The Morgan fingerprint density at radius 2 is 2.26 bits per heavy atom. The average molecular weight is 262 g/mol. The molecule has 1 aromatic rings. The van der Waals surface area contributed by atoms with E-state index in [-0.39, 0.29) is 30.9 Å². The normalized spacial score (nSPS) is 10.7. The topological polar surface area (TPSA) is 68.3 Å². The summed E-state index contributed by atoms with van der Waals surface area (Å²) in [6.45, 7) is 3.84. The van der Waals surface area contributed by atoms with E-state index in [1.165, 1.54) is 6.08 Å². The van der Waals surface area contributed by atoms with Crippen LogP contribution < -0.4 is 5.32 Å².